The first-order valence-corrected chi connectivity index (χ1v) is 5.63. The second-order valence-corrected chi connectivity index (χ2v) is 4.20. The van der Waals surface area contributed by atoms with Gasteiger partial charge in [0.15, 0.2) is 0 Å². The molecular formula is C13H17N3O. The molecule has 0 aliphatic heterocycles. The van der Waals surface area contributed by atoms with Gasteiger partial charge in [0, 0.05) is 18.3 Å². The summed E-state index contributed by atoms with van der Waals surface area (Å²) in [5, 5.41) is 14.1. The molecule has 1 aromatic heterocycles. The van der Waals surface area contributed by atoms with Gasteiger partial charge >= 0.3 is 0 Å². The van der Waals surface area contributed by atoms with Crippen LogP contribution in [-0.2, 0) is 0 Å². The van der Waals surface area contributed by atoms with Crippen LogP contribution in [0.2, 0.25) is 0 Å². The number of hydrogen-bond donors (Lipinski definition) is 2. The van der Waals surface area contributed by atoms with Gasteiger partial charge in [-0.05, 0) is 26.0 Å². The number of aliphatic hydroxyl groups excluding tert-OH is 1. The van der Waals surface area contributed by atoms with E-state index < -0.39 is 6.10 Å². The SMILES string of the molecule is Cc1ccc(-n2cc(C(O)CN)c(C)n2)cc1. The van der Waals surface area contributed by atoms with E-state index in [-0.39, 0.29) is 6.54 Å². The molecule has 1 unspecified atom stereocenters. The molecule has 0 aliphatic rings. The van der Waals surface area contributed by atoms with Crippen LogP contribution < -0.4 is 5.73 Å². The first-order chi connectivity index (χ1) is 8.11. The lowest BCUT2D eigenvalue weighted by molar-refractivity contribution is 0.186. The molecule has 1 aromatic carbocycles. The lowest BCUT2D eigenvalue weighted by Crippen LogP contribution is -2.11. The molecular weight excluding hydrogens is 214 g/mol. The monoisotopic (exact) mass is 231 g/mol. The van der Waals surface area contributed by atoms with E-state index in [2.05, 4.69) is 5.10 Å². The first-order valence-electron chi connectivity index (χ1n) is 5.63. The minimum Gasteiger partial charge on any atom is -0.387 e. The third kappa shape index (κ3) is 2.38. The molecule has 0 saturated carbocycles. The maximum absolute atomic E-state index is 9.74. The van der Waals surface area contributed by atoms with E-state index in [1.807, 2.05) is 44.3 Å². The fourth-order valence-corrected chi connectivity index (χ4v) is 1.76. The molecule has 0 aliphatic carbocycles. The van der Waals surface area contributed by atoms with Crippen molar-refractivity contribution in [2.75, 3.05) is 6.54 Å². The molecule has 0 spiro atoms. The van der Waals surface area contributed by atoms with Gasteiger partial charge < -0.3 is 10.8 Å². The van der Waals surface area contributed by atoms with E-state index >= 15 is 0 Å². The molecule has 0 fully saturated rings. The molecule has 17 heavy (non-hydrogen) atoms. The fourth-order valence-electron chi connectivity index (χ4n) is 1.76. The third-order valence-electron chi connectivity index (χ3n) is 2.82. The van der Waals surface area contributed by atoms with Crippen molar-refractivity contribution in [3.8, 4) is 5.69 Å². The van der Waals surface area contributed by atoms with Gasteiger partial charge in [0.2, 0.25) is 0 Å². The number of aryl methyl sites for hydroxylation is 2. The minimum atomic E-state index is -0.644. The Kier molecular flexibility index (Phi) is 3.26. The highest BCUT2D eigenvalue weighted by Gasteiger charge is 2.13. The summed E-state index contributed by atoms with van der Waals surface area (Å²) in [7, 11) is 0. The van der Waals surface area contributed by atoms with Crippen molar-refractivity contribution in [1.29, 1.82) is 0 Å². The summed E-state index contributed by atoms with van der Waals surface area (Å²) < 4.78 is 1.77. The van der Waals surface area contributed by atoms with Gasteiger partial charge in [-0.1, -0.05) is 17.7 Å². The van der Waals surface area contributed by atoms with Crippen molar-refractivity contribution < 1.29 is 5.11 Å². The molecule has 0 saturated heterocycles. The van der Waals surface area contributed by atoms with Crippen LogP contribution in [0.5, 0.6) is 0 Å². The summed E-state index contributed by atoms with van der Waals surface area (Å²) in [4.78, 5) is 0. The predicted molar refractivity (Wildman–Crippen MR) is 67.1 cm³/mol. The standard InChI is InChI=1S/C13H17N3O/c1-9-3-5-11(6-4-9)16-8-12(10(2)15-16)13(17)7-14/h3-6,8,13,17H,7,14H2,1-2H3. The van der Waals surface area contributed by atoms with E-state index in [9.17, 15) is 5.11 Å². The van der Waals surface area contributed by atoms with Gasteiger partial charge in [-0.2, -0.15) is 5.10 Å². The van der Waals surface area contributed by atoms with Crippen LogP contribution in [-0.4, -0.2) is 21.4 Å². The number of aromatic nitrogens is 2. The number of nitrogens with zero attached hydrogens (tertiary/aromatic N) is 2. The zero-order valence-electron chi connectivity index (χ0n) is 10.1. The Bertz CT molecular complexity index is 502. The molecule has 0 radical (unpaired) electrons. The molecule has 4 nitrogen and oxygen atoms in total. The summed E-state index contributed by atoms with van der Waals surface area (Å²) in [6.45, 7) is 4.13. The summed E-state index contributed by atoms with van der Waals surface area (Å²) in [6, 6.07) is 8.07. The number of rotatable bonds is 3. The summed E-state index contributed by atoms with van der Waals surface area (Å²) >= 11 is 0. The zero-order chi connectivity index (χ0) is 12.4. The normalized spacial score (nSPS) is 12.7. The predicted octanol–water partition coefficient (Wildman–Crippen LogP) is 1.48. The van der Waals surface area contributed by atoms with Gasteiger partial charge in [-0.3, -0.25) is 0 Å². The lowest BCUT2D eigenvalue weighted by Gasteiger charge is -2.04. The van der Waals surface area contributed by atoms with Crippen molar-refractivity contribution in [3.63, 3.8) is 0 Å². The summed E-state index contributed by atoms with van der Waals surface area (Å²) in [5.41, 5.74) is 9.24. The molecule has 3 N–H and O–H groups in total. The van der Waals surface area contributed by atoms with Crippen LogP contribution in [0.1, 0.15) is 22.9 Å². The van der Waals surface area contributed by atoms with Crippen LogP contribution in [0.4, 0.5) is 0 Å². The maximum atomic E-state index is 9.74. The third-order valence-corrected chi connectivity index (χ3v) is 2.82. The summed E-state index contributed by atoms with van der Waals surface area (Å²) in [5.74, 6) is 0. The number of hydrogen-bond acceptors (Lipinski definition) is 3. The van der Waals surface area contributed by atoms with Crippen molar-refractivity contribution in [2.45, 2.75) is 20.0 Å². The van der Waals surface area contributed by atoms with Crippen LogP contribution in [0.25, 0.3) is 5.69 Å². The number of aliphatic hydroxyl groups is 1. The van der Waals surface area contributed by atoms with E-state index in [4.69, 9.17) is 5.73 Å². The van der Waals surface area contributed by atoms with E-state index in [1.165, 1.54) is 5.56 Å². The largest absolute Gasteiger partial charge is 0.387 e. The minimum absolute atomic E-state index is 0.209. The smallest absolute Gasteiger partial charge is 0.0945 e. The summed E-state index contributed by atoms with van der Waals surface area (Å²) in [6.07, 6.45) is 1.19. The maximum Gasteiger partial charge on any atom is 0.0945 e. The Morgan fingerprint density at radius 1 is 1.29 bits per heavy atom. The molecule has 1 atom stereocenters. The average molecular weight is 231 g/mol. The highest BCUT2D eigenvalue weighted by molar-refractivity contribution is 5.35. The van der Waals surface area contributed by atoms with Gasteiger partial charge in [0.1, 0.15) is 0 Å². The molecule has 4 heteroatoms. The van der Waals surface area contributed by atoms with Crippen molar-refractivity contribution in [1.82, 2.24) is 9.78 Å². The molecule has 0 amide bonds. The fraction of sp³-hybridized carbons (Fsp3) is 0.308. The van der Waals surface area contributed by atoms with Gasteiger partial charge in [0.25, 0.3) is 0 Å². The number of benzene rings is 1. The highest BCUT2D eigenvalue weighted by Crippen LogP contribution is 2.18. The van der Waals surface area contributed by atoms with Gasteiger partial charge in [-0.15, -0.1) is 0 Å². The van der Waals surface area contributed by atoms with Crippen molar-refractivity contribution >= 4 is 0 Å². The molecule has 0 bridgehead atoms. The van der Waals surface area contributed by atoms with Crippen LogP contribution >= 0.6 is 0 Å². The average Bonchev–Trinajstić information content (AvgIpc) is 2.71. The molecule has 90 valence electrons. The van der Waals surface area contributed by atoms with Gasteiger partial charge in [-0.25, -0.2) is 4.68 Å². The highest BCUT2D eigenvalue weighted by atomic mass is 16.3. The first kappa shape index (κ1) is 11.8. The molecule has 1 heterocycles. The van der Waals surface area contributed by atoms with Crippen molar-refractivity contribution in [3.05, 3.63) is 47.3 Å². The topological polar surface area (TPSA) is 64.1 Å². The molecule has 2 rings (SSSR count). The number of nitrogens with two attached hydrogens (primary N) is 1. The van der Waals surface area contributed by atoms with Crippen LogP contribution in [0.15, 0.2) is 30.5 Å². The zero-order valence-corrected chi connectivity index (χ0v) is 10.1. The van der Waals surface area contributed by atoms with E-state index in [0.717, 1.165) is 16.9 Å². The Hall–Kier alpha value is -1.65. The van der Waals surface area contributed by atoms with E-state index in [1.54, 1.807) is 4.68 Å². The van der Waals surface area contributed by atoms with Crippen molar-refractivity contribution in [2.24, 2.45) is 5.73 Å². The lowest BCUT2D eigenvalue weighted by atomic mass is 10.1. The van der Waals surface area contributed by atoms with Gasteiger partial charge in [0.05, 0.1) is 17.5 Å². The van der Waals surface area contributed by atoms with Crippen LogP contribution in [0.3, 0.4) is 0 Å². The Labute approximate surface area is 101 Å². The second-order valence-electron chi connectivity index (χ2n) is 4.20. The Morgan fingerprint density at radius 3 is 2.53 bits per heavy atom. The Morgan fingerprint density at radius 2 is 1.94 bits per heavy atom. The Balaban J connectivity index is 2.37. The second kappa shape index (κ2) is 4.69. The quantitative estimate of drug-likeness (QED) is 0.841. The van der Waals surface area contributed by atoms with E-state index in [0.29, 0.717) is 0 Å². The van der Waals surface area contributed by atoms with Crippen LogP contribution in [0, 0.1) is 13.8 Å². The molecule has 2 aromatic rings.